The molecule has 0 spiro atoms. The van der Waals surface area contributed by atoms with E-state index in [1.54, 1.807) is 11.1 Å². The fourth-order valence-corrected chi connectivity index (χ4v) is 2.40. The van der Waals surface area contributed by atoms with Gasteiger partial charge in [0, 0.05) is 0 Å². The minimum absolute atomic E-state index is 0.900. The van der Waals surface area contributed by atoms with E-state index in [1.165, 1.54) is 51.4 Å². The van der Waals surface area contributed by atoms with Crippen molar-refractivity contribution in [2.45, 2.75) is 72.1 Å². The Balaban J connectivity index is 2.36. The molecule has 0 bridgehead atoms. The zero-order valence-corrected chi connectivity index (χ0v) is 10.2. The zero-order chi connectivity index (χ0) is 10.4. The van der Waals surface area contributed by atoms with Crippen molar-refractivity contribution in [3.63, 3.8) is 0 Å². The van der Waals surface area contributed by atoms with Crippen LogP contribution in [0.25, 0.3) is 0 Å². The highest BCUT2D eigenvalue weighted by Gasteiger charge is 2.16. The van der Waals surface area contributed by atoms with Gasteiger partial charge in [0.1, 0.15) is 0 Å². The van der Waals surface area contributed by atoms with Crippen LogP contribution in [-0.2, 0) is 0 Å². The van der Waals surface area contributed by atoms with Crippen LogP contribution in [-0.4, -0.2) is 0 Å². The minimum Gasteiger partial charge on any atom is -0.0710 e. The second-order valence-electron chi connectivity index (χ2n) is 4.74. The van der Waals surface area contributed by atoms with Gasteiger partial charge in [-0.3, -0.25) is 0 Å². The zero-order valence-electron chi connectivity index (χ0n) is 10.2. The molecule has 0 N–H and O–H groups in total. The Morgan fingerprint density at radius 2 is 1.93 bits per heavy atom. The summed E-state index contributed by atoms with van der Waals surface area (Å²) < 4.78 is 0. The number of rotatable bonds is 6. The Bertz CT molecular complexity index is 182. The van der Waals surface area contributed by atoms with Crippen LogP contribution in [0, 0.1) is 5.92 Å². The van der Waals surface area contributed by atoms with Crippen molar-refractivity contribution in [1.29, 1.82) is 0 Å². The maximum atomic E-state index is 2.38. The van der Waals surface area contributed by atoms with Crippen molar-refractivity contribution in [3.8, 4) is 0 Å². The van der Waals surface area contributed by atoms with Gasteiger partial charge in [-0.05, 0) is 44.9 Å². The van der Waals surface area contributed by atoms with Crippen molar-refractivity contribution in [2.75, 3.05) is 0 Å². The van der Waals surface area contributed by atoms with Gasteiger partial charge in [0.2, 0.25) is 0 Å². The van der Waals surface area contributed by atoms with Gasteiger partial charge in [0.05, 0.1) is 0 Å². The number of hydrogen-bond donors (Lipinski definition) is 0. The SMILES string of the molecule is CCCCCC(CC)C(C)=C1CCC1. The van der Waals surface area contributed by atoms with Crippen molar-refractivity contribution in [1.82, 2.24) is 0 Å². The minimum atomic E-state index is 0.900. The van der Waals surface area contributed by atoms with E-state index < -0.39 is 0 Å². The van der Waals surface area contributed by atoms with Crippen LogP contribution < -0.4 is 0 Å². The molecule has 0 aliphatic heterocycles. The number of allylic oxidation sites excluding steroid dienone is 2. The van der Waals surface area contributed by atoms with Crippen molar-refractivity contribution in [2.24, 2.45) is 5.92 Å². The van der Waals surface area contributed by atoms with E-state index in [9.17, 15) is 0 Å². The first-order chi connectivity index (χ1) is 6.79. The third-order valence-corrected chi connectivity index (χ3v) is 3.78. The van der Waals surface area contributed by atoms with Gasteiger partial charge in [-0.15, -0.1) is 0 Å². The summed E-state index contributed by atoms with van der Waals surface area (Å²) in [5.74, 6) is 0.900. The Morgan fingerprint density at radius 1 is 1.21 bits per heavy atom. The van der Waals surface area contributed by atoms with E-state index in [0.29, 0.717) is 0 Å². The second-order valence-corrected chi connectivity index (χ2v) is 4.74. The van der Waals surface area contributed by atoms with E-state index in [4.69, 9.17) is 0 Å². The van der Waals surface area contributed by atoms with Crippen molar-refractivity contribution in [3.05, 3.63) is 11.1 Å². The largest absolute Gasteiger partial charge is 0.0710 e. The van der Waals surface area contributed by atoms with Gasteiger partial charge in [-0.1, -0.05) is 44.3 Å². The summed E-state index contributed by atoms with van der Waals surface area (Å²) in [6.07, 6.45) is 11.2. The molecule has 82 valence electrons. The molecule has 0 nitrogen and oxygen atoms in total. The predicted molar refractivity (Wildman–Crippen MR) is 64.5 cm³/mol. The monoisotopic (exact) mass is 194 g/mol. The molecule has 0 amide bonds. The molecular weight excluding hydrogens is 168 g/mol. The molecule has 14 heavy (non-hydrogen) atoms. The summed E-state index contributed by atoms with van der Waals surface area (Å²) in [6.45, 7) is 7.02. The maximum Gasteiger partial charge on any atom is -0.0206 e. The number of hydrogen-bond acceptors (Lipinski definition) is 0. The first-order valence-electron chi connectivity index (χ1n) is 6.48. The summed E-state index contributed by atoms with van der Waals surface area (Å²) in [6, 6.07) is 0. The van der Waals surface area contributed by atoms with Gasteiger partial charge in [0.25, 0.3) is 0 Å². The highest BCUT2D eigenvalue weighted by atomic mass is 14.2. The van der Waals surface area contributed by atoms with E-state index in [-0.39, 0.29) is 0 Å². The number of unbranched alkanes of at least 4 members (excludes halogenated alkanes) is 2. The van der Waals surface area contributed by atoms with E-state index in [1.807, 2.05) is 0 Å². The second kappa shape index (κ2) is 6.27. The van der Waals surface area contributed by atoms with Gasteiger partial charge < -0.3 is 0 Å². The summed E-state index contributed by atoms with van der Waals surface area (Å²) in [7, 11) is 0. The summed E-state index contributed by atoms with van der Waals surface area (Å²) >= 11 is 0. The van der Waals surface area contributed by atoms with Crippen molar-refractivity contribution >= 4 is 0 Å². The molecule has 1 aliphatic rings. The highest BCUT2D eigenvalue weighted by Crippen LogP contribution is 2.34. The van der Waals surface area contributed by atoms with Gasteiger partial charge in [-0.2, -0.15) is 0 Å². The quantitative estimate of drug-likeness (QED) is 0.408. The van der Waals surface area contributed by atoms with Crippen molar-refractivity contribution < 1.29 is 0 Å². The molecule has 1 aliphatic carbocycles. The van der Waals surface area contributed by atoms with Crippen LogP contribution >= 0.6 is 0 Å². The molecule has 0 heteroatoms. The molecule has 0 aromatic carbocycles. The van der Waals surface area contributed by atoms with E-state index in [2.05, 4.69) is 20.8 Å². The first kappa shape index (κ1) is 11.8. The predicted octanol–water partition coefficient (Wildman–Crippen LogP) is 5.09. The average Bonchev–Trinajstić information content (AvgIpc) is 2.09. The molecule has 1 atom stereocenters. The molecule has 0 aromatic rings. The first-order valence-corrected chi connectivity index (χ1v) is 6.48. The Morgan fingerprint density at radius 3 is 2.36 bits per heavy atom. The Kier molecular flexibility index (Phi) is 5.29. The van der Waals surface area contributed by atoms with Gasteiger partial charge in [0.15, 0.2) is 0 Å². The fraction of sp³-hybridized carbons (Fsp3) is 0.857. The van der Waals surface area contributed by atoms with Crippen LogP contribution in [0.15, 0.2) is 11.1 Å². The fourth-order valence-electron chi connectivity index (χ4n) is 2.40. The van der Waals surface area contributed by atoms with Crippen LogP contribution in [0.4, 0.5) is 0 Å². The van der Waals surface area contributed by atoms with Crippen LogP contribution in [0.5, 0.6) is 0 Å². The van der Waals surface area contributed by atoms with Gasteiger partial charge in [-0.25, -0.2) is 0 Å². The molecule has 0 heterocycles. The standard InChI is InChI=1S/C14H26/c1-4-6-7-9-13(5-2)12(3)14-10-8-11-14/h13H,4-11H2,1-3H3. The lowest BCUT2D eigenvalue weighted by Gasteiger charge is -2.25. The summed E-state index contributed by atoms with van der Waals surface area (Å²) in [4.78, 5) is 0. The molecule has 0 radical (unpaired) electrons. The van der Waals surface area contributed by atoms with Crippen LogP contribution in [0.3, 0.4) is 0 Å². The normalized spacial score (nSPS) is 17.8. The topological polar surface area (TPSA) is 0 Å². The molecule has 1 saturated carbocycles. The third-order valence-electron chi connectivity index (χ3n) is 3.78. The van der Waals surface area contributed by atoms with Gasteiger partial charge >= 0.3 is 0 Å². The summed E-state index contributed by atoms with van der Waals surface area (Å²) in [5.41, 5.74) is 3.53. The summed E-state index contributed by atoms with van der Waals surface area (Å²) in [5, 5.41) is 0. The van der Waals surface area contributed by atoms with Crippen LogP contribution in [0.1, 0.15) is 72.1 Å². The van der Waals surface area contributed by atoms with E-state index in [0.717, 1.165) is 5.92 Å². The highest BCUT2D eigenvalue weighted by molar-refractivity contribution is 5.19. The molecular formula is C14H26. The smallest absolute Gasteiger partial charge is 0.0206 e. The Hall–Kier alpha value is -0.260. The van der Waals surface area contributed by atoms with E-state index >= 15 is 0 Å². The lowest BCUT2D eigenvalue weighted by molar-refractivity contribution is 0.486. The lowest BCUT2D eigenvalue weighted by atomic mass is 9.81. The third kappa shape index (κ3) is 3.15. The Labute approximate surface area is 89.8 Å². The molecule has 1 unspecified atom stereocenters. The molecule has 1 rings (SSSR count). The molecule has 1 fully saturated rings. The average molecular weight is 194 g/mol. The molecule has 0 aromatic heterocycles. The lowest BCUT2D eigenvalue weighted by Crippen LogP contribution is -2.08. The maximum absolute atomic E-state index is 2.38. The molecule has 0 saturated heterocycles. The van der Waals surface area contributed by atoms with Crippen LogP contribution in [0.2, 0.25) is 0 Å².